The van der Waals surface area contributed by atoms with Crippen molar-refractivity contribution in [3.63, 3.8) is 0 Å². The second-order valence-corrected chi connectivity index (χ2v) is 13.6. The number of rotatable bonds is 12. The summed E-state index contributed by atoms with van der Waals surface area (Å²) in [5.74, 6) is -1.32. The fraction of sp³-hybridized carbons (Fsp3) is 0.282. The highest BCUT2D eigenvalue weighted by Crippen LogP contribution is 2.43. The smallest absolute Gasteiger partial charge is 0.408 e. The number of imide groups is 1. The highest BCUT2D eigenvalue weighted by atomic mass is 32.2. The SMILES string of the molecule is CC1C(CSc2ccc(C(=O)O)cc2)OC(c2ccc(CN3C(=O)CC(NC(=O)OCc4ccccc4)C3=O)cc2)OC1c1ccc(CO)cc1. The lowest BCUT2D eigenvalue weighted by Gasteiger charge is -2.41. The minimum Gasteiger partial charge on any atom is -0.478 e. The van der Waals surface area contributed by atoms with E-state index in [-0.39, 0.29) is 49.9 Å². The van der Waals surface area contributed by atoms with Gasteiger partial charge in [-0.1, -0.05) is 85.8 Å². The highest BCUT2D eigenvalue weighted by molar-refractivity contribution is 7.99. The Morgan fingerprint density at radius 3 is 2.20 bits per heavy atom. The topological polar surface area (TPSA) is 152 Å². The fourth-order valence-corrected chi connectivity index (χ4v) is 7.08. The third kappa shape index (κ3) is 8.84. The highest BCUT2D eigenvalue weighted by Gasteiger charge is 2.40. The van der Waals surface area contributed by atoms with E-state index in [9.17, 15) is 29.4 Å². The Balaban J connectivity index is 1.11. The molecule has 6 rings (SSSR count). The van der Waals surface area contributed by atoms with Gasteiger partial charge in [-0.25, -0.2) is 9.59 Å². The Morgan fingerprint density at radius 2 is 1.53 bits per heavy atom. The average Bonchev–Trinajstić information content (AvgIpc) is 3.41. The van der Waals surface area contributed by atoms with Crippen LogP contribution in [-0.2, 0) is 43.6 Å². The number of aromatic carboxylic acids is 1. The van der Waals surface area contributed by atoms with Crippen molar-refractivity contribution in [2.24, 2.45) is 5.92 Å². The number of carbonyl (C=O) groups is 4. The second kappa shape index (κ2) is 16.3. The van der Waals surface area contributed by atoms with Gasteiger partial charge in [0.2, 0.25) is 5.91 Å². The van der Waals surface area contributed by atoms with E-state index in [1.54, 1.807) is 36.0 Å². The van der Waals surface area contributed by atoms with Crippen molar-refractivity contribution in [3.05, 3.63) is 137 Å². The number of benzene rings is 4. The number of alkyl carbamates (subject to hydrolysis) is 1. The molecule has 11 nitrogen and oxygen atoms in total. The predicted octanol–water partition coefficient (Wildman–Crippen LogP) is 6.01. The van der Waals surface area contributed by atoms with E-state index >= 15 is 0 Å². The van der Waals surface area contributed by atoms with Gasteiger partial charge < -0.3 is 29.7 Å². The Labute approximate surface area is 299 Å². The van der Waals surface area contributed by atoms with Crippen molar-refractivity contribution in [2.45, 2.75) is 62.5 Å². The molecule has 0 aromatic heterocycles. The summed E-state index contributed by atoms with van der Waals surface area (Å²) in [5.41, 5.74) is 4.23. The number of carboxylic acids is 1. The number of hydrogen-bond acceptors (Lipinski definition) is 9. The van der Waals surface area contributed by atoms with E-state index in [4.69, 9.17) is 14.2 Å². The van der Waals surface area contributed by atoms with Gasteiger partial charge in [0.1, 0.15) is 12.6 Å². The number of nitrogens with zero attached hydrogens (tertiary/aromatic N) is 1. The van der Waals surface area contributed by atoms with Crippen molar-refractivity contribution < 1.29 is 43.6 Å². The number of ether oxygens (including phenoxy) is 3. The molecule has 12 heteroatoms. The number of likely N-dealkylation sites (tertiary alicyclic amines) is 1. The Kier molecular flexibility index (Phi) is 11.5. The van der Waals surface area contributed by atoms with Crippen LogP contribution in [0.5, 0.6) is 0 Å². The molecule has 5 unspecified atom stereocenters. The van der Waals surface area contributed by atoms with Crippen LogP contribution >= 0.6 is 11.8 Å². The molecule has 3 amide bonds. The number of aliphatic hydroxyl groups is 1. The molecule has 2 aliphatic heterocycles. The maximum absolute atomic E-state index is 13.1. The summed E-state index contributed by atoms with van der Waals surface area (Å²) in [6.07, 6.45) is -2.20. The van der Waals surface area contributed by atoms with Crippen LogP contribution in [0.2, 0.25) is 0 Å². The second-order valence-electron chi connectivity index (χ2n) is 12.5. The van der Waals surface area contributed by atoms with Gasteiger partial charge in [-0.05, 0) is 46.5 Å². The van der Waals surface area contributed by atoms with E-state index in [0.29, 0.717) is 11.3 Å². The molecule has 2 heterocycles. The zero-order valence-corrected chi connectivity index (χ0v) is 28.7. The first-order valence-corrected chi connectivity index (χ1v) is 17.5. The molecule has 51 heavy (non-hydrogen) atoms. The Morgan fingerprint density at radius 1 is 0.863 bits per heavy atom. The molecule has 4 aromatic carbocycles. The summed E-state index contributed by atoms with van der Waals surface area (Å²) < 4.78 is 18.3. The monoisotopic (exact) mass is 710 g/mol. The van der Waals surface area contributed by atoms with Crippen molar-refractivity contribution in [1.29, 1.82) is 0 Å². The van der Waals surface area contributed by atoms with Gasteiger partial charge in [-0.15, -0.1) is 11.8 Å². The molecule has 264 valence electrons. The van der Waals surface area contributed by atoms with Gasteiger partial charge in [-0.3, -0.25) is 14.5 Å². The van der Waals surface area contributed by atoms with E-state index in [1.807, 2.05) is 78.9 Å². The molecule has 0 aliphatic carbocycles. The van der Waals surface area contributed by atoms with Crippen LogP contribution in [0.15, 0.2) is 108 Å². The summed E-state index contributed by atoms with van der Waals surface area (Å²) in [7, 11) is 0. The lowest BCUT2D eigenvalue weighted by atomic mass is 9.91. The largest absolute Gasteiger partial charge is 0.478 e. The van der Waals surface area contributed by atoms with Crippen LogP contribution in [0.1, 0.15) is 63.9 Å². The van der Waals surface area contributed by atoms with Crippen LogP contribution < -0.4 is 5.32 Å². The first-order chi connectivity index (χ1) is 24.7. The van der Waals surface area contributed by atoms with Crippen LogP contribution in [-0.4, -0.2) is 56.9 Å². The maximum Gasteiger partial charge on any atom is 0.408 e. The standard InChI is InChI=1S/C39H38N2O9S/c1-24-33(23-51-31-17-15-29(16-18-31)37(45)46)49-38(50-35(24)28-11-9-26(21-42)10-12-28)30-13-7-25(8-14-30)20-41-34(43)19-32(36(41)44)40-39(47)48-22-27-5-3-2-4-6-27/h2-18,24,32-33,35,38,42H,19-23H2,1H3,(H,40,47)(H,45,46). The van der Waals surface area contributed by atoms with E-state index in [0.717, 1.165) is 32.0 Å². The van der Waals surface area contributed by atoms with Gasteiger partial charge in [0, 0.05) is 22.1 Å². The Hall–Kier alpha value is -5.01. The third-order valence-corrected chi connectivity index (χ3v) is 10.1. The minimum absolute atomic E-state index is 0.0400. The number of thioether (sulfide) groups is 1. The lowest BCUT2D eigenvalue weighted by Crippen LogP contribution is -2.41. The summed E-state index contributed by atoms with van der Waals surface area (Å²) in [6, 6.07) is 29.8. The summed E-state index contributed by atoms with van der Waals surface area (Å²) in [5, 5.41) is 21.3. The molecular formula is C39H38N2O9S. The zero-order chi connectivity index (χ0) is 35.9. The number of carboxylic acid groups (broad SMARTS) is 1. The number of hydrogen-bond donors (Lipinski definition) is 3. The molecule has 0 saturated carbocycles. The van der Waals surface area contributed by atoms with Crippen LogP contribution in [0.4, 0.5) is 4.79 Å². The lowest BCUT2D eigenvalue weighted by molar-refractivity contribution is -0.268. The number of aliphatic hydroxyl groups excluding tert-OH is 1. The molecule has 0 radical (unpaired) electrons. The molecule has 0 spiro atoms. The van der Waals surface area contributed by atoms with Gasteiger partial charge in [-0.2, -0.15) is 0 Å². The summed E-state index contributed by atoms with van der Waals surface area (Å²) >= 11 is 1.57. The van der Waals surface area contributed by atoms with Gasteiger partial charge in [0.15, 0.2) is 6.29 Å². The van der Waals surface area contributed by atoms with Crippen LogP contribution in [0, 0.1) is 5.92 Å². The first kappa shape index (κ1) is 35.8. The molecule has 4 aromatic rings. The molecule has 5 atom stereocenters. The van der Waals surface area contributed by atoms with Crippen LogP contribution in [0.3, 0.4) is 0 Å². The van der Waals surface area contributed by atoms with Crippen molar-refractivity contribution >= 4 is 35.6 Å². The minimum atomic E-state index is -1.00. The molecule has 2 aliphatic rings. The normalized spacial score (nSPS) is 21.8. The summed E-state index contributed by atoms with van der Waals surface area (Å²) in [6.45, 7) is 2.09. The van der Waals surface area contributed by atoms with Crippen LogP contribution in [0.25, 0.3) is 0 Å². The van der Waals surface area contributed by atoms with Gasteiger partial charge in [0.25, 0.3) is 5.91 Å². The van der Waals surface area contributed by atoms with E-state index < -0.39 is 36.2 Å². The van der Waals surface area contributed by atoms with Crippen molar-refractivity contribution in [3.8, 4) is 0 Å². The van der Waals surface area contributed by atoms with E-state index in [2.05, 4.69) is 12.2 Å². The zero-order valence-electron chi connectivity index (χ0n) is 27.8. The van der Waals surface area contributed by atoms with Gasteiger partial charge in [0.05, 0.1) is 37.3 Å². The predicted molar refractivity (Wildman–Crippen MR) is 187 cm³/mol. The molecule has 2 fully saturated rings. The number of carbonyl (C=O) groups excluding carboxylic acids is 3. The average molecular weight is 711 g/mol. The van der Waals surface area contributed by atoms with Crippen molar-refractivity contribution in [2.75, 3.05) is 5.75 Å². The first-order valence-electron chi connectivity index (χ1n) is 16.6. The molecule has 0 bridgehead atoms. The molecule has 2 saturated heterocycles. The van der Waals surface area contributed by atoms with E-state index in [1.165, 1.54) is 0 Å². The molecular weight excluding hydrogens is 673 g/mol. The number of nitrogens with one attached hydrogen (secondary N) is 1. The number of amides is 3. The Bertz CT molecular complexity index is 1840. The third-order valence-electron chi connectivity index (χ3n) is 8.98. The molecule has 3 N–H and O–H groups in total. The van der Waals surface area contributed by atoms with Gasteiger partial charge >= 0.3 is 12.1 Å². The maximum atomic E-state index is 13.1. The summed E-state index contributed by atoms with van der Waals surface area (Å²) in [4.78, 5) is 51.6. The fourth-order valence-electron chi connectivity index (χ4n) is 6.01. The quantitative estimate of drug-likeness (QED) is 0.118. The van der Waals surface area contributed by atoms with Crippen molar-refractivity contribution in [1.82, 2.24) is 10.2 Å².